The maximum Gasteiger partial charge on any atom is 0.418 e. The molecular weight excluding hydrogens is 483 g/mol. The van der Waals surface area contributed by atoms with Gasteiger partial charge in [-0.05, 0) is 40.8 Å². The maximum atomic E-state index is 14.0. The van der Waals surface area contributed by atoms with Gasteiger partial charge in [0.2, 0.25) is 0 Å². The molecule has 35 heavy (non-hydrogen) atoms. The Kier molecular flexibility index (Phi) is 8.40. The van der Waals surface area contributed by atoms with Crippen LogP contribution in [0.25, 0.3) is 11.1 Å². The van der Waals surface area contributed by atoms with Crippen LogP contribution in [0, 0.1) is 0 Å². The lowest BCUT2D eigenvalue weighted by Crippen LogP contribution is -2.32. The molecule has 0 heterocycles. The number of rotatable bonds is 8. The summed E-state index contributed by atoms with van der Waals surface area (Å²) in [5.74, 6) is -1.45. The molecule has 0 saturated heterocycles. The Morgan fingerprint density at radius 1 is 1.00 bits per heavy atom. The van der Waals surface area contributed by atoms with Crippen molar-refractivity contribution in [2.45, 2.75) is 32.7 Å². The number of hydrogen-bond acceptors (Lipinski definition) is 3. The van der Waals surface area contributed by atoms with Gasteiger partial charge in [0.05, 0.1) is 17.0 Å². The third-order valence-electron chi connectivity index (χ3n) is 5.39. The van der Waals surface area contributed by atoms with Crippen LogP contribution in [0.5, 0.6) is 0 Å². The van der Waals surface area contributed by atoms with Gasteiger partial charge < -0.3 is 14.7 Å². The van der Waals surface area contributed by atoms with E-state index < -0.39 is 40.8 Å². The molecule has 0 aromatic heterocycles. The van der Waals surface area contributed by atoms with E-state index in [0.29, 0.717) is 11.1 Å². The van der Waals surface area contributed by atoms with Crippen molar-refractivity contribution >= 4 is 23.7 Å². The number of carboxylic acid groups (broad SMARTS) is 1. The molecule has 3 rings (SSSR count). The lowest BCUT2D eigenvalue weighted by Gasteiger charge is -2.26. The molecule has 0 radical (unpaired) electrons. The van der Waals surface area contributed by atoms with Crippen molar-refractivity contribution < 1.29 is 32.6 Å². The number of benzene rings is 3. The van der Waals surface area contributed by atoms with Crippen LogP contribution in [0.3, 0.4) is 0 Å². The number of hydrogen-bond donors (Lipinski definition) is 1. The fourth-order valence-corrected chi connectivity index (χ4v) is 4.09. The van der Waals surface area contributed by atoms with E-state index in [1.54, 1.807) is 61.5 Å². The third kappa shape index (κ3) is 6.54. The number of aliphatic carboxylic acids is 1. The molecule has 0 aliphatic heterocycles. The van der Waals surface area contributed by atoms with Gasteiger partial charge in [-0.15, -0.1) is 0 Å². The Balaban J connectivity index is 2.09. The molecule has 0 fully saturated rings. The summed E-state index contributed by atoms with van der Waals surface area (Å²) in [5, 5.41) is 8.82. The zero-order valence-corrected chi connectivity index (χ0v) is 19.6. The van der Waals surface area contributed by atoms with E-state index in [-0.39, 0.29) is 25.3 Å². The van der Waals surface area contributed by atoms with Gasteiger partial charge in [-0.3, -0.25) is 4.79 Å². The number of amides is 1. The minimum absolute atomic E-state index is 0.0158. The number of halogens is 4. The van der Waals surface area contributed by atoms with Crippen molar-refractivity contribution in [3.63, 3.8) is 0 Å². The van der Waals surface area contributed by atoms with Gasteiger partial charge in [-0.25, -0.2) is 4.79 Å². The number of nitrogens with zero attached hydrogens (tertiary/aromatic N) is 1. The van der Waals surface area contributed by atoms with Gasteiger partial charge in [-0.1, -0.05) is 72.3 Å². The molecule has 9 heteroatoms. The molecule has 0 unspecified atom stereocenters. The van der Waals surface area contributed by atoms with Crippen molar-refractivity contribution in [2.24, 2.45) is 0 Å². The molecule has 5 nitrogen and oxygen atoms in total. The molecule has 1 amide bonds. The summed E-state index contributed by atoms with van der Waals surface area (Å²) >= 11 is 6.06. The first kappa shape index (κ1) is 26.1. The van der Waals surface area contributed by atoms with Crippen LogP contribution in [0.15, 0.2) is 66.7 Å². The van der Waals surface area contributed by atoms with E-state index in [1.165, 1.54) is 11.0 Å². The molecule has 0 saturated carbocycles. The van der Waals surface area contributed by atoms with Crippen LogP contribution in [0.4, 0.5) is 18.0 Å². The third-order valence-corrected chi connectivity index (χ3v) is 5.69. The molecule has 1 N–H and O–H groups in total. The van der Waals surface area contributed by atoms with Gasteiger partial charge in [-0.2, -0.15) is 13.2 Å². The fourth-order valence-electron chi connectivity index (χ4n) is 3.76. The summed E-state index contributed by atoms with van der Waals surface area (Å²) in [6, 6.07) is 18.6. The average Bonchev–Trinajstić information content (AvgIpc) is 2.81. The summed E-state index contributed by atoms with van der Waals surface area (Å²) < 4.78 is 47.3. The summed E-state index contributed by atoms with van der Waals surface area (Å²) in [5.41, 5.74) is -0.0450. The maximum absolute atomic E-state index is 14.0. The average molecular weight is 506 g/mol. The van der Waals surface area contributed by atoms with Crippen LogP contribution in [0.1, 0.15) is 29.2 Å². The molecule has 0 aliphatic carbocycles. The Hall–Kier alpha value is -3.52. The first-order valence-electron chi connectivity index (χ1n) is 10.8. The lowest BCUT2D eigenvalue weighted by molar-refractivity contribution is -0.139. The van der Waals surface area contributed by atoms with Crippen molar-refractivity contribution in [1.29, 1.82) is 0 Å². The minimum atomic E-state index is -4.89. The molecule has 0 spiro atoms. The van der Waals surface area contributed by atoms with E-state index in [4.69, 9.17) is 16.3 Å². The lowest BCUT2D eigenvalue weighted by atomic mass is 9.89. The minimum Gasteiger partial charge on any atom is -0.481 e. The smallest absolute Gasteiger partial charge is 0.418 e. The van der Waals surface area contributed by atoms with Crippen LogP contribution in [-0.4, -0.2) is 28.6 Å². The molecule has 0 aliphatic rings. The number of carboxylic acids is 1. The van der Waals surface area contributed by atoms with E-state index in [2.05, 4.69) is 0 Å². The summed E-state index contributed by atoms with van der Waals surface area (Å²) in [6.07, 6.45) is -6.54. The number of carbonyl (C=O) groups is 2. The summed E-state index contributed by atoms with van der Waals surface area (Å²) in [6.45, 7) is 1.47. The molecule has 3 aromatic carbocycles. The van der Waals surface area contributed by atoms with Crippen molar-refractivity contribution in [2.75, 3.05) is 6.54 Å². The van der Waals surface area contributed by atoms with Crippen molar-refractivity contribution in [3.8, 4) is 11.1 Å². The second-order valence-electron chi connectivity index (χ2n) is 7.73. The van der Waals surface area contributed by atoms with Crippen LogP contribution in [0.2, 0.25) is 5.02 Å². The highest BCUT2D eigenvalue weighted by atomic mass is 35.5. The molecule has 184 valence electrons. The van der Waals surface area contributed by atoms with Crippen LogP contribution >= 0.6 is 11.6 Å². The van der Waals surface area contributed by atoms with E-state index in [1.807, 2.05) is 6.07 Å². The van der Waals surface area contributed by atoms with E-state index in [0.717, 1.165) is 5.56 Å². The van der Waals surface area contributed by atoms with Gasteiger partial charge in [0.25, 0.3) is 0 Å². The largest absolute Gasteiger partial charge is 0.481 e. The zero-order chi connectivity index (χ0) is 25.6. The first-order valence-corrected chi connectivity index (χ1v) is 11.1. The molecule has 0 bridgehead atoms. The fraction of sp³-hybridized carbons (Fsp3) is 0.231. The second kappa shape index (κ2) is 11.3. The number of ether oxygens (including phenoxy) is 1. The van der Waals surface area contributed by atoms with E-state index >= 15 is 0 Å². The van der Waals surface area contributed by atoms with Gasteiger partial charge in [0.15, 0.2) is 0 Å². The topological polar surface area (TPSA) is 66.8 Å². The second-order valence-corrected chi connectivity index (χ2v) is 8.13. The van der Waals surface area contributed by atoms with E-state index in [9.17, 15) is 27.9 Å². The zero-order valence-electron chi connectivity index (χ0n) is 18.8. The van der Waals surface area contributed by atoms with Gasteiger partial charge >= 0.3 is 18.2 Å². The van der Waals surface area contributed by atoms with Gasteiger partial charge in [0, 0.05) is 13.1 Å². The van der Waals surface area contributed by atoms with Crippen LogP contribution in [-0.2, 0) is 35.3 Å². The SMILES string of the molecule is CCN(Cc1c(-c2ccccc2)cc(Cl)c(C(F)(F)F)c1CC(=O)O)C(=O)OCc1ccccc1. The normalized spacial score (nSPS) is 11.2. The number of carbonyl (C=O) groups excluding carboxylic acids is 1. The molecular formula is C26H23ClF3NO4. The Bertz CT molecular complexity index is 1180. The standard InChI is InChI=1S/C26H23ClF3NO4/c1-2-31(25(34)35-16-17-9-5-3-6-10-17)15-21-19(18-11-7-4-8-12-18)13-22(27)24(26(28,29)30)20(21)14-23(32)33/h3-13H,2,14-16H2,1H3,(H,32,33). The highest BCUT2D eigenvalue weighted by Crippen LogP contribution is 2.43. The van der Waals surface area contributed by atoms with Crippen molar-refractivity contribution in [1.82, 2.24) is 4.90 Å². The summed E-state index contributed by atoms with van der Waals surface area (Å²) in [4.78, 5) is 25.6. The molecule has 0 atom stereocenters. The Labute approximate surface area is 205 Å². The van der Waals surface area contributed by atoms with Gasteiger partial charge in [0.1, 0.15) is 6.61 Å². The number of alkyl halides is 3. The quantitative estimate of drug-likeness (QED) is 0.365. The predicted octanol–water partition coefficient (Wildman–Crippen LogP) is 6.81. The summed E-state index contributed by atoms with van der Waals surface area (Å²) in [7, 11) is 0. The highest BCUT2D eigenvalue weighted by Gasteiger charge is 2.39. The Morgan fingerprint density at radius 3 is 2.14 bits per heavy atom. The highest BCUT2D eigenvalue weighted by molar-refractivity contribution is 6.32. The predicted molar refractivity (Wildman–Crippen MR) is 126 cm³/mol. The Morgan fingerprint density at radius 2 is 1.60 bits per heavy atom. The monoisotopic (exact) mass is 505 g/mol. The van der Waals surface area contributed by atoms with Crippen molar-refractivity contribution in [3.05, 3.63) is 94.0 Å². The first-order chi connectivity index (χ1) is 16.6. The van der Waals surface area contributed by atoms with Crippen LogP contribution < -0.4 is 0 Å². The molecule has 3 aromatic rings.